The highest BCUT2D eigenvalue weighted by molar-refractivity contribution is 7.89. The number of aliphatic hydroxyl groups excluding tert-OH is 1. The highest BCUT2D eigenvalue weighted by Gasteiger charge is 2.34. The zero-order valence-corrected chi connectivity index (χ0v) is 29.5. The van der Waals surface area contributed by atoms with Crippen LogP contribution in [0.3, 0.4) is 0 Å². The second-order valence-corrected chi connectivity index (χ2v) is 15.3. The molecular formula is C34H52N4O8S. The Morgan fingerprint density at radius 3 is 2.49 bits per heavy atom. The first-order valence-electron chi connectivity index (χ1n) is 16.9. The number of fused-ring (bicyclic) bond motifs is 1. The van der Waals surface area contributed by atoms with Crippen LogP contribution in [0.25, 0.3) is 0 Å². The molecule has 12 nitrogen and oxygen atoms in total. The Balaban J connectivity index is 1.64. The molecule has 2 N–H and O–H groups in total. The summed E-state index contributed by atoms with van der Waals surface area (Å²) in [4.78, 5) is 29.1. The van der Waals surface area contributed by atoms with Crippen LogP contribution in [0.15, 0.2) is 27.6 Å². The number of amides is 2. The molecule has 4 atom stereocenters. The zero-order chi connectivity index (χ0) is 34.3. The van der Waals surface area contributed by atoms with E-state index in [9.17, 15) is 23.1 Å². The molecule has 13 heteroatoms. The lowest BCUT2D eigenvalue weighted by molar-refractivity contribution is -0.120. The maximum atomic E-state index is 14.4. The fourth-order valence-electron chi connectivity index (χ4n) is 6.42. The molecule has 1 aliphatic heterocycles. The Kier molecular flexibility index (Phi) is 12.9. The molecule has 1 fully saturated rings. The number of sulfonamides is 1. The predicted molar refractivity (Wildman–Crippen MR) is 178 cm³/mol. The van der Waals surface area contributed by atoms with Crippen molar-refractivity contribution in [2.24, 2.45) is 11.8 Å². The minimum absolute atomic E-state index is 0.0382. The van der Waals surface area contributed by atoms with Gasteiger partial charge in [-0.1, -0.05) is 31.3 Å². The first-order valence-corrected chi connectivity index (χ1v) is 18.3. The van der Waals surface area contributed by atoms with Crippen LogP contribution in [-0.4, -0.2) is 91.3 Å². The molecular weight excluding hydrogens is 624 g/mol. The van der Waals surface area contributed by atoms with E-state index in [0.717, 1.165) is 44.9 Å². The molecule has 1 aliphatic carbocycles. The first-order chi connectivity index (χ1) is 22.3. The fraction of sp³-hybridized carbons (Fsp3) is 0.676. The molecule has 2 aromatic rings. The van der Waals surface area contributed by atoms with E-state index in [2.05, 4.69) is 10.5 Å². The van der Waals surface area contributed by atoms with Crippen molar-refractivity contribution in [3.05, 3.63) is 35.2 Å². The first kappa shape index (κ1) is 36.8. The Labute approximate surface area is 279 Å². The Morgan fingerprint density at radius 1 is 1.13 bits per heavy atom. The summed E-state index contributed by atoms with van der Waals surface area (Å²) in [6.45, 7) is 9.12. The van der Waals surface area contributed by atoms with Crippen molar-refractivity contribution in [2.45, 2.75) is 109 Å². The average Bonchev–Trinajstić information content (AvgIpc) is 3.40. The van der Waals surface area contributed by atoms with Gasteiger partial charge in [0.05, 0.1) is 30.4 Å². The van der Waals surface area contributed by atoms with Crippen LogP contribution in [0.4, 0.5) is 5.69 Å². The monoisotopic (exact) mass is 676 g/mol. The summed E-state index contributed by atoms with van der Waals surface area (Å²) in [6.07, 6.45) is 6.43. The maximum absolute atomic E-state index is 14.4. The van der Waals surface area contributed by atoms with Gasteiger partial charge in [-0.15, -0.1) is 0 Å². The summed E-state index contributed by atoms with van der Waals surface area (Å²) in [6, 6.07) is 4.60. The number of carbonyl (C=O) groups is 2. The smallest absolute Gasteiger partial charge is 0.258 e. The number of benzene rings is 1. The summed E-state index contributed by atoms with van der Waals surface area (Å²) >= 11 is 0. The Morgan fingerprint density at radius 2 is 1.83 bits per heavy atom. The van der Waals surface area contributed by atoms with Crippen LogP contribution < -0.4 is 10.1 Å². The number of aromatic nitrogens is 1. The molecule has 1 aromatic carbocycles. The summed E-state index contributed by atoms with van der Waals surface area (Å²) in [5.41, 5.74) is 1.09. The van der Waals surface area contributed by atoms with Crippen molar-refractivity contribution >= 4 is 27.5 Å². The van der Waals surface area contributed by atoms with E-state index < -0.39 is 22.2 Å². The molecule has 0 saturated heterocycles. The third-order valence-corrected chi connectivity index (χ3v) is 11.4. The molecule has 2 heterocycles. The number of hydrogen-bond donors (Lipinski definition) is 2. The highest BCUT2D eigenvalue weighted by Crippen LogP contribution is 2.31. The summed E-state index contributed by atoms with van der Waals surface area (Å²) in [5, 5.41) is 17.1. The predicted octanol–water partition coefficient (Wildman–Crippen LogP) is 4.93. The van der Waals surface area contributed by atoms with E-state index in [4.69, 9.17) is 14.0 Å². The second kappa shape index (κ2) is 16.4. The minimum atomic E-state index is -3.93. The van der Waals surface area contributed by atoms with E-state index in [1.165, 1.54) is 11.4 Å². The van der Waals surface area contributed by atoms with Crippen molar-refractivity contribution in [3.8, 4) is 5.75 Å². The van der Waals surface area contributed by atoms with Crippen LogP contribution in [0, 0.1) is 25.7 Å². The highest BCUT2D eigenvalue weighted by atomic mass is 32.2. The molecule has 0 bridgehead atoms. The van der Waals surface area contributed by atoms with Gasteiger partial charge >= 0.3 is 0 Å². The van der Waals surface area contributed by atoms with Gasteiger partial charge in [0, 0.05) is 44.3 Å². The number of aliphatic hydroxyl groups is 1. The number of anilines is 1. The van der Waals surface area contributed by atoms with Gasteiger partial charge in [-0.2, -0.15) is 4.31 Å². The van der Waals surface area contributed by atoms with Gasteiger partial charge in [0.1, 0.15) is 16.3 Å². The molecule has 0 spiro atoms. The Bertz CT molecular complexity index is 1450. The fourth-order valence-corrected chi connectivity index (χ4v) is 7.89. The number of aryl methyl sites for hydroxylation is 2. The number of nitrogens with one attached hydrogen (secondary N) is 1. The summed E-state index contributed by atoms with van der Waals surface area (Å²) in [5.74, 6) is -0.148. The molecule has 47 heavy (non-hydrogen) atoms. The molecule has 0 unspecified atom stereocenters. The number of carbonyl (C=O) groups excluding carboxylic acids is 2. The minimum Gasteiger partial charge on any atom is -0.490 e. The zero-order valence-electron chi connectivity index (χ0n) is 28.7. The number of likely N-dealkylation sites (N-methyl/N-ethyl adjacent to an activating group) is 1. The van der Waals surface area contributed by atoms with Crippen molar-refractivity contribution in [1.82, 2.24) is 14.4 Å². The van der Waals surface area contributed by atoms with Gasteiger partial charge in [0.15, 0.2) is 5.76 Å². The molecule has 262 valence electrons. The molecule has 0 radical (unpaired) electrons. The van der Waals surface area contributed by atoms with Crippen molar-refractivity contribution in [1.29, 1.82) is 0 Å². The summed E-state index contributed by atoms with van der Waals surface area (Å²) < 4.78 is 46.1. The third-order valence-electron chi connectivity index (χ3n) is 9.37. The van der Waals surface area contributed by atoms with Gasteiger partial charge in [0.2, 0.25) is 15.9 Å². The normalized spacial score (nSPS) is 23.1. The molecule has 2 amide bonds. The molecule has 2 aliphatic rings. The maximum Gasteiger partial charge on any atom is 0.258 e. The van der Waals surface area contributed by atoms with Crippen molar-refractivity contribution in [3.63, 3.8) is 0 Å². The largest absolute Gasteiger partial charge is 0.490 e. The topological polar surface area (TPSA) is 152 Å². The van der Waals surface area contributed by atoms with E-state index >= 15 is 0 Å². The van der Waals surface area contributed by atoms with E-state index in [1.54, 1.807) is 43.9 Å². The number of nitrogens with zero attached hydrogens (tertiary/aromatic N) is 3. The van der Waals surface area contributed by atoms with Gasteiger partial charge < -0.3 is 29.3 Å². The van der Waals surface area contributed by atoms with Gasteiger partial charge in [0.25, 0.3) is 5.91 Å². The van der Waals surface area contributed by atoms with Crippen LogP contribution in [0.1, 0.15) is 93.9 Å². The number of rotatable bonds is 8. The van der Waals surface area contributed by atoms with Gasteiger partial charge in [-0.3, -0.25) is 9.59 Å². The third kappa shape index (κ3) is 9.13. The number of hydrogen-bond acceptors (Lipinski definition) is 9. The average molecular weight is 677 g/mol. The Hall–Kier alpha value is -3.00. The van der Waals surface area contributed by atoms with Crippen LogP contribution in [0.2, 0.25) is 0 Å². The lowest BCUT2D eigenvalue weighted by atomic mass is 9.88. The van der Waals surface area contributed by atoms with Gasteiger partial charge in [-0.25, -0.2) is 8.42 Å². The van der Waals surface area contributed by atoms with E-state index in [0.29, 0.717) is 30.0 Å². The molecule has 1 aromatic heterocycles. The summed E-state index contributed by atoms with van der Waals surface area (Å²) in [7, 11) is -2.43. The second-order valence-electron chi connectivity index (χ2n) is 13.3. The van der Waals surface area contributed by atoms with Crippen molar-refractivity contribution < 1.29 is 37.1 Å². The quantitative estimate of drug-likeness (QED) is 0.397. The van der Waals surface area contributed by atoms with E-state index in [-0.39, 0.29) is 65.8 Å². The van der Waals surface area contributed by atoms with Crippen molar-refractivity contribution in [2.75, 3.05) is 38.7 Å². The van der Waals surface area contributed by atoms with Crippen LogP contribution >= 0.6 is 0 Å². The number of ether oxygens (including phenoxy) is 2. The van der Waals surface area contributed by atoms with Crippen LogP contribution in [0.5, 0.6) is 5.75 Å². The standard InChI is InChI=1S/C34H52N4O8S/c1-22-19-38(23(2)21-39)34(41)29-18-28(35-33(40)27-13-8-7-9-14-27)15-16-30(29)45-24(3)12-10-11-17-44-31(22)20-37(6)47(42,43)32-25(4)36-46-26(32)5/h15-16,18,22-24,27,31,39H,7-14,17,19-21H2,1-6H3,(H,35,40)/t22-,23-,24-,31-/m0/s1. The molecule has 4 rings (SSSR count). The lowest BCUT2D eigenvalue weighted by Crippen LogP contribution is -2.48. The van der Waals surface area contributed by atoms with E-state index in [1.807, 2.05) is 13.8 Å². The van der Waals surface area contributed by atoms with Gasteiger partial charge in [-0.05, 0) is 78.0 Å². The SMILES string of the molecule is Cc1noc(C)c1S(=O)(=O)N(C)C[C@@H]1OCCCC[C@H](C)Oc2ccc(NC(=O)C3CCCCC3)cc2C(=O)N([C@@H](C)CO)C[C@@H]1C. The lowest BCUT2D eigenvalue weighted by Gasteiger charge is -2.35. The molecule has 1 saturated carbocycles. The van der Waals surface area contributed by atoms with Crippen LogP contribution in [-0.2, 0) is 19.6 Å².